The zero-order chi connectivity index (χ0) is 13.6. The molecule has 2 heterocycles. The topological polar surface area (TPSA) is 27.1 Å². The quantitative estimate of drug-likeness (QED) is 0.786. The molecule has 3 rings (SSSR count). The fourth-order valence-corrected chi connectivity index (χ4v) is 3.00. The standard InChI is InChI=1S/C14H14BrFN2O/c1-8-7-9(2)19-14-12(15)13(17-18(8)14)10-3-5-11(16)6-4-10/h3-6,8-9H,7H2,1-2H3/t8-,9+/m1/s1. The van der Waals surface area contributed by atoms with Crippen LogP contribution in [0.4, 0.5) is 4.39 Å². The highest BCUT2D eigenvalue weighted by molar-refractivity contribution is 9.10. The number of nitrogens with zero attached hydrogens (tertiary/aromatic N) is 2. The minimum Gasteiger partial charge on any atom is -0.474 e. The molecule has 5 heteroatoms. The molecule has 3 nitrogen and oxygen atoms in total. The van der Waals surface area contributed by atoms with Crippen LogP contribution in [-0.2, 0) is 0 Å². The number of hydrogen-bond donors (Lipinski definition) is 0. The van der Waals surface area contributed by atoms with Crippen molar-refractivity contribution in [1.82, 2.24) is 9.78 Å². The molecule has 100 valence electrons. The predicted octanol–water partition coefficient (Wildman–Crippen LogP) is 4.18. The SMILES string of the molecule is C[C@@H]1C[C@H](C)Oc2c(Br)c(-c3ccc(F)cc3)nn21. The van der Waals surface area contributed by atoms with E-state index in [1.54, 1.807) is 12.1 Å². The number of aromatic nitrogens is 2. The Kier molecular flexibility index (Phi) is 3.09. The summed E-state index contributed by atoms with van der Waals surface area (Å²) < 4.78 is 21.5. The van der Waals surface area contributed by atoms with Gasteiger partial charge in [0.25, 0.3) is 0 Å². The molecule has 0 radical (unpaired) electrons. The van der Waals surface area contributed by atoms with Gasteiger partial charge in [-0.3, -0.25) is 0 Å². The molecule has 0 fully saturated rings. The molecule has 0 unspecified atom stereocenters. The van der Waals surface area contributed by atoms with E-state index in [1.165, 1.54) is 12.1 Å². The molecule has 0 N–H and O–H groups in total. The molecule has 1 aliphatic heterocycles. The molecule has 0 bridgehead atoms. The first kappa shape index (κ1) is 12.7. The van der Waals surface area contributed by atoms with Gasteiger partial charge in [0.15, 0.2) is 0 Å². The van der Waals surface area contributed by atoms with Gasteiger partial charge >= 0.3 is 0 Å². The van der Waals surface area contributed by atoms with Crippen molar-refractivity contribution in [2.24, 2.45) is 0 Å². The lowest BCUT2D eigenvalue weighted by atomic mass is 10.1. The van der Waals surface area contributed by atoms with Crippen molar-refractivity contribution in [2.75, 3.05) is 0 Å². The van der Waals surface area contributed by atoms with Crippen molar-refractivity contribution in [3.8, 4) is 17.1 Å². The van der Waals surface area contributed by atoms with E-state index in [9.17, 15) is 4.39 Å². The van der Waals surface area contributed by atoms with Crippen LogP contribution in [0.5, 0.6) is 5.88 Å². The van der Waals surface area contributed by atoms with Crippen LogP contribution in [-0.4, -0.2) is 15.9 Å². The van der Waals surface area contributed by atoms with Gasteiger partial charge in [0, 0.05) is 12.0 Å². The zero-order valence-electron chi connectivity index (χ0n) is 10.7. The Hall–Kier alpha value is -1.36. The van der Waals surface area contributed by atoms with Gasteiger partial charge in [0.1, 0.15) is 16.0 Å². The van der Waals surface area contributed by atoms with Gasteiger partial charge in [-0.15, -0.1) is 0 Å². The molecule has 0 saturated heterocycles. The molecule has 2 atom stereocenters. The Bertz CT molecular complexity index is 609. The molecular formula is C14H14BrFN2O. The predicted molar refractivity (Wildman–Crippen MR) is 74.7 cm³/mol. The average molecular weight is 325 g/mol. The van der Waals surface area contributed by atoms with Crippen molar-refractivity contribution in [1.29, 1.82) is 0 Å². The Morgan fingerprint density at radius 2 is 2.00 bits per heavy atom. The van der Waals surface area contributed by atoms with E-state index in [1.807, 2.05) is 4.68 Å². The zero-order valence-corrected chi connectivity index (χ0v) is 12.3. The fraction of sp³-hybridized carbons (Fsp3) is 0.357. The minimum atomic E-state index is -0.248. The molecule has 2 aromatic rings. The molecule has 0 aliphatic carbocycles. The first-order valence-electron chi connectivity index (χ1n) is 6.27. The van der Waals surface area contributed by atoms with Gasteiger partial charge in [-0.1, -0.05) is 0 Å². The van der Waals surface area contributed by atoms with Crippen LogP contribution < -0.4 is 4.74 Å². The summed E-state index contributed by atoms with van der Waals surface area (Å²) in [5, 5.41) is 4.59. The van der Waals surface area contributed by atoms with Crippen LogP contribution in [0, 0.1) is 5.82 Å². The third kappa shape index (κ3) is 2.16. The van der Waals surface area contributed by atoms with Gasteiger partial charge < -0.3 is 4.74 Å². The van der Waals surface area contributed by atoms with Crippen molar-refractivity contribution in [3.05, 3.63) is 34.6 Å². The summed E-state index contributed by atoms with van der Waals surface area (Å²) in [6, 6.07) is 6.62. The minimum absolute atomic E-state index is 0.177. The smallest absolute Gasteiger partial charge is 0.227 e. The van der Waals surface area contributed by atoms with Crippen molar-refractivity contribution >= 4 is 15.9 Å². The summed E-state index contributed by atoms with van der Waals surface area (Å²) in [5.41, 5.74) is 1.66. The average Bonchev–Trinajstić information content (AvgIpc) is 2.69. The van der Waals surface area contributed by atoms with Crippen LogP contribution >= 0.6 is 15.9 Å². The molecule has 0 saturated carbocycles. The molecule has 1 aliphatic rings. The maximum Gasteiger partial charge on any atom is 0.227 e. The Morgan fingerprint density at radius 1 is 1.32 bits per heavy atom. The normalized spacial score (nSPS) is 21.9. The van der Waals surface area contributed by atoms with Crippen LogP contribution in [0.1, 0.15) is 26.3 Å². The van der Waals surface area contributed by atoms with E-state index >= 15 is 0 Å². The Balaban J connectivity index is 2.09. The summed E-state index contributed by atoms with van der Waals surface area (Å²) >= 11 is 3.55. The monoisotopic (exact) mass is 324 g/mol. The van der Waals surface area contributed by atoms with E-state index in [2.05, 4.69) is 34.9 Å². The third-order valence-electron chi connectivity index (χ3n) is 3.33. The van der Waals surface area contributed by atoms with E-state index in [4.69, 9.17) is 4.74 Å². The summed E-state index contributed by atoms with van der Waals surface area (Å²) in [4.78, 5) is 0. The highest BCUT2D eigenvalue weighted by Crippen LogP contribution is 2.40. The lowest BCUT2D eigenvalue weighted by Gasteiger charge is -2.26. The number of ether oxygens (including phenoxy) is 1. The number of hydrogen-bond acceptors (Lipinski definition) is 2. The lowest BCUT2D eigenvalue weighted by molar-refractivity contribution is 0.125. The van der Waals surface area contributed by atoms with Gasteiger partial charge in [0.05, 0.1) is 12.1 Å². The molecule has 0 spiro atoms. The van der Waals surface area contributed by atoms with E-state index in [0.717, 1.165) is 28.0 Å². The van der Waals surface area contributed by atoms with Crippen molar-refractivity contribution in [2.45, 2.75) is 32.4 Å². The molecular weight excluding hydrogens is 311 g/mol. The molecule has 19 heavy (non-hydrogen) atoms. The second-order valence-electron chi connectivity index (χ2n) is 4.93. The highest BCUT2D eigenvalue weighted by atomic mass is 79.9. The van der Waals surface area contributed by atoms with Crippen LogP contribution in [0.3, 0.4) is 0 Å². The summed E-state index contributed by atoms with van der Waals surface area (Å²) in [5.74, 6) is 0.507. The first-order chi connectivity index (χ1) is 9.06. The Morgan fingerprint density at radius 3 is 2.68 bits per heavy atom. The van der Waals surface area contributed by atoms with Gasteiger partial charge in [0.2, 0.25) is 5.88 Å². The third-order valence-corrected chi connectivity index (χ3v) is 4.05. The number of halogens is 2. The summed E-state index contributed by atoms with van der Waals surface area (Å²) in [7, 11) is 0. The maximum atomic E-state index is 13.0. The molecule has 0 amide bonds. The van der Waals surface area contributed by atoms with Crippen LogP contribution in [0.25, 0.3) is 11.3 Å². The van der Waals surface area contributed by atoms with Crippen molar-refractivity contribution in [3.63, 3.8) is 0 Å². The fourth-order valence-electron chi connectivity index (χ4n) is 2.41. The number of rotatable bonds is 1. The number of benzene rings is 1. The molecule has 1 aromatic carbocycles. The highest BCUT2D eigenvalue weighted by Gasteiger charge is 2.28. The van der Waals surface area contributed by atoms with Gasteiger partial charge in [-0.2, -0.15) is 5.10 Å². The second-order valence-corrected chi connectivity index (χ2v) is 5.73. The Labute approximate surface area is 119 Å². The second kappa shape index (κ2) is 4.63. The van der Waals surface area contributed by atoms with E-state index < -0.39 is 0 Å². The largest absolute Gasteiger partial charge is 0.474 e. The molecule has 1 aromatic heterocycles. The summed E-state index contributed by atoms with van der Waals surface area (Å²) in [6.45, 7) is 4.17. The maximum absolute atomic E-state index is 13.0. The van der Waals surface area contributed by atoms with Gasteiger partial charge in [-0.25, -0.2) is 9.07 Å². The van der Waals surface area contributed by atoms with Crippen LogP contribution in [0.15, 0.2) is 28.7 Å². The van der Waals surface area contributed by atoms with Crippen LogP contribution in [0.2, 0.25) is 0 Å². The van der Waals surface area contributed by atoms with Gasteiger partial charge in [-0.05, 0) is 54.0 Å². The number of fused-ring (bicyclic) bond motifs is 1. The lowest BCUT2D eigenvalue weighted by Crippen LogP contribution is -2.26. The van der Waals surface area contributed by atoms with E-state index in [0.29, 0.717) is 6.04 Å². The first-order valence-corrected chi connectivity index (χ1v) is 7.06. The summed E-state index contributed by atoms with van der Waals surface area (Å²) in [6.07, 6.45) is 1.11. The van der Waals surface area contributed by atoms with E-state index in [-0.39, 0.29) is 11.9 Å². The van der Waals surface area contributed by atoms with Crippen molar-refractivity contribution < 1.29 is 9.13 Å².